The smallest absolute Gasteiger partial charge is 0.251 e. The average Bonchev–Trinajstić information content (AvgIpc) is 3.02. The van der Waals surface area contributed by atoms with Gasteiger partial charge in [0.15, 0.2) is 0 Å². The number of carbonyl (C=O) groups is 1. The van der Waals surface area contributed by atoms with Crippen LogP contribution in [0.5, 0.6) is 0 Å². The molecule has 4 heteroatoms. The highest BCUT2D eigenvalue weighted by Gasteiger charge is 2.19. The molecule has 1 aromatic carbocycles. The van der Waals surface area contributed by atoms with Crippen molar-refractivity contribution in [2.75, 3.05) is 26.7 Å². The van der Waals surface area contributed by atoms with Crippen LogP contribution in [0.1, 0.15) is 41.6 Å². The first kappa shape index (κ1) is 16.0. The van der Waals surface area contributed by atoms with E-state index in [0.717, 1.165) is 24.1 Å². The summed E-state index contributed by atoms with van der Waals surface area (Å²) in [4.78, 5) is 14.5. The third-order valence-corrected chi connectivity index (χ3v) is 4.32. The van der Waals surface area contributed by atoms with Crippen molar-refractivity contribution in [3.05, 3.63) is 35.4 Å². The summed E-state index contributed by atoms with van der Waals surface area (Å²) in [5.41, 5.74) is 7.40. The largest absolute Gasteiger partial charge is 0.351 e. The van der Waals surface area contributed by atoms with Crippen LogP contribution in [0.15, 0.2) is 24.3 Å². The maximum Gasteiger partial charge on any atom is 0.251 e. The second-order valence-electron chi connectivity index (χ2n) is 5.91. The maximum atomic E-state index is 12.1. The van der Waals surface area contributed by atoms with Crippen LogP contribution in [0.4, 0.5) is 0 Å². The van der Waals surface area contributed by atoms with Gasteiger partial charge in [-0.15, -0.1) is 0 Å². The van der Waals surface area contributed by atoms with Crippen LogP contribution in [0.25, 0.3) is 0 Å². The molecule has 21 heavy (non-hydrogen) atoms. The molecular weight excluding hydrogens is 262 g/mol. The Bertz CT molecular complexity index is 455. The second kappa shape index (κ2) is 8.15. The van der Waals surface area contributed by atoms with Crippen molar-refractivity contribution in [1.82, 2.24) is 10.2 Å². The number of nitrogens with one attached hydrogen (secondary N) is 1. The molecule has 0 aromatic heterocycles. The van der Waals surface area contributed by atoms with Crippen LogP contribution < -0.4 is 11.1 Å². The minimum atomic E-state index is 0.00805. The van der Waals surface area contributed by atoms with Crippen LogP contribution in [0.3, 0.4) is 0 Å². The molecule has 2 rings (SSSR count). The molecular formula is C17H27N3O. The monoisotopic (exact) mass is 289 g/mol. The third kappa shape index (κ3) is 4.83. The first-order valence-corrected chi connectivity index (χ1v) is 7.98. The van der Waals surface area contributed by atoms with E-state index in [9.17, 15) is 4.79 Å². The average molecular weight is 289 g/mol. The van der Waals surface area contributed by atoms with Gasteiger partial charge in [-0.05, 0) is 50.6 Å². The number of benzene rings is 1. The number of nitrogens with zero attached hydrogens (tertiary/aromatic N) is 1. The minimum Gasteiger partial charge on any atom is -0.351 e. The predicted octanol–water partition coefficient (Wildman–Crippen LogP) is 1.79. The van der Waals surface area contributed by atoms with E-state index in [1.165, 1.54) is 25.7 Å². The van der Waals surface area contributed by atoms with Crippen molar-refractivity contribution in [3.8, 4) is 0 Å². The van der Waals surface area contributed by atoms with E-state index < -0.39 is 0 Å². The molecule has 0 radical (unpaired) electrons. The van der Waals surface area contributed by atoms with Crippen LogP contribution in [0.2, 0.25) is 0 Å². The predicted molar refractivity (Wildman–Crippen MR) is 86.4 cm³/mol. The standard InChI is InChI=1S/C17H27N3O/c1-20(16-7-2-3-8-16)12-11-19-17(21)15-6-4-5-14(13-15)9-10-18/h4-6,13,16H,2-3,7-12,18H2,1H3,(H,19,21). The van der Waals surface area contributed by atoms with E-state index in [0.29, 0.717) is 19.1 Å². The van der Waals surface area contributed by atoms with Gasteiger partial charge in [-0.2, -0.15) is 0 Å². The van der Waals surface area contributed by atoms with Crippen LogP contribution in [-0.4, -0.2) is 43.5 Å². The van der Waals surface area contributed by atoms with Gasteiger partial charge in [0.25, 0.3) is 5.91 Å². The molecule has 116 valence electrons. The van der Waals surface area contributed by atoms with Crippen LogP contribution >= 0.6 is 0 Å². The van der Waals surface area contributed by atoms with E-state index in [1.807, 2.05) is 24.3 Å². The van der Waals surface area contributed by atoms with Gasteiger partial charge < -0.3 is 16.0 Å². The zero-order valence-corrected chi connectivity index (χ0v) is 13.0. The lowest BCUT2D eigenvalue weighted by atomic mass is 10.1. The summed E-state index contributed by atoms with van der Waals surface area (Å²) in [6.45, 7) is 2.23. The fourth-order valence-corrected chi connectivity index (χ4v) is 3.01. The molecule has 0 spiro atoms. The van der Waals surface area contributed by atoms with E-state index in [-0.39, 0.29) is 5.91 Å². The summed E-state index contributed by atoms with van der Waals surface area (Å²) in [7, 11) is 2.16. The first-order valence-electron chi connectivity index (χ1n) is 7.98. The molecule has 1 fully saturated rings. The number of likely N-dealkylation sites (N-methyl/N-ethyl adjacent to an activating group) is 1. The molecule has 0 aliphatic heterocycles. The summed E-state index contributed by atoms with van der Waals surface area (Å²) in [6.07, 6.45) is 6.09. The first-order chi connectivity index (χ1) is 10.2. The lowest BCUT2D eigenvalue weighted by Crippen LogP contribution is -2.37. The van der Waals surface area contributed by atoms with Gasteiger partial charge in [0.05, 0.1) is 0 Å². The topological polar surface area (TPSA) is 58.4 Å². The molecule has 4 nitrogen and oxygen atoms in total. The molecule has 1 amide bonds. The highest BCUT2D eigenvalue weighted by atomic mass is 16.1. The van der Waals surface area contributed by atoms with Crippen molar-refractivity contribution in [2.45, 2.75) is 38.1 Å². The molecule has 0 saturated heterocycles. The van der Waals surface area contributed by atoms with E-state index in [2.05, 4.69) is 17.3 Å². The van der Waals surface area contributed by atoms with Gasteiger partial charge in [0.2, 0.25) is 0 Å². The highest BCUT2D eigenvalue weighted by Crippen LogP contribution is 2.21. The number of rotatable bonds is 7. The molecule has 0 bridgehead atoms. The SMILES string of the molecule is CN(CCNC(=O)c1cccc(CCN)c1)C1CCCC1. The van der Waals surface area contributed by atoms with Crippen LogP contribution in [0, 0.1) is 0 Å². The quantitative estimate of drug-likeness (QED) is 0.804. The Balaban J connectivity index is 1.77. The van der Waals surface area contributed by atoms with Crippen molar-refractivity contribution >= 4 is 5.91 Å². The Morgan fingerprint density at radius 1 is 1.38 bits per heavy atom. The zero-order valence-electron chi connectivity index (χ0n) is 13.0. The van der Waals surface area contributed by atoms with Crippen molar-refractivity contribution in [3.63, 3.8) is 0 Å². The Morgan fingerprint density at radius 3 is 2.86 bits per heavy atom. The number of amides is 1. The van der Waals surface area contributed by atoms with Crippen LogP contribution in [-0.2, 0) is 6.42 Å². The van der Waals surface area contributed by atoms with Gasteiger partial charge in [0.1, 0.15) is 0 Å². The number of hydrogen-bond donors (Lipinski definition) is 2. The van der Waals surface area contributed by atoms with Gasteiger partial charge in [-0.25, -0.2) is 0 Å². The summed E-state index contributed by atoms with van der Waals surface area (Å²) in [5, 5.41) is 3.01. The Morgan fingerprint density at radius 2 is 2.14 bits per heavy atom. The molecule has 0 unspecified atom stereocenters. The number of hydrogen-bond acceptors (Lipinski definition) is 3. The van der Waals surface area contributed by atoms with E-state index in [1.54, 1.807) is 0 Å². The highest BCUT2D eigenvalue weighted by molar-refractivity contribution is 5.94. The summed E-state index contributed by atoms with van der Waals surface area (Å²) >= 11 is 0. The van der Waals surface area contributed by atoms with Gasteiger partial charge in [-0.3, -0.25) is 4.79 Å². The molecule has 1 saturated carbocycles. The van der Waals surface area contributed by atoms with Gasteiger partial charge in [-0.1, -0.05) is 25.0 Å². The summed E-state index contributed by atoms with van der Waals surface area (Å²) < 4.78 is 0. The molecule has 0 heterocycles. The molecule has 3 N–H and O–H groups in total. The molecule has 0 atom stereocenters. The zero-order chi connectivity index (χ0) is 15.1. The number of nitrogens with two attached hydrogens (primary N) is 1. The second-order valence-corrected chi connectivity index (χ2v) is 5.91. The Kier molecular flexibility index (Phi) is 6.21. The van der Waals surface area contributed by atoms with Crippen molar-refractivity contribution in [2.24, 2.45) is 5.73 Å². The minimum absolute atomic E-state index is 0.00805. The van der Waals surface area contributed by atoms with E-state index in [4.69, 9.17) is 5.73 Å². The normalized spacial score (nSPS) is 15.6. The fraction of sp³-hybridized carbons (Fsp3) is 0.588. The lowest BCUT2D eigenvalue weighted by Gasteiger charge is -2.23. The Labute approximate surface area is 127 Å². The van der Waals surface area contributed by atoms with Gasteiger partial charge in [0, 0.05) is 24.7 Å². The molecule has 1 aromatic rings. The lowest BCUT2D eigenvalue weighted by molar-refractivity contribution is 0.0947. The maximum absolute atomic E-state index is 12.1. The summed E-state index contributed by atoms with van der Waals surface area (Å²) in [6, 6.07) is 8.43. The fourth-order valence-electron chi connectivity index (χ4n) is 3.01. The molecule has 1 aliphatic carbocycles. The van der Waals surface area contributed by atoms with Crippen molar-refractivity contribution in [1.29, 1.82) is 0 Å². The number of carbonyl (C=O) groups excluding carboxylic acids is 1. The Hall–Kier alpha value is -1.39. The van der Waals surface area contributed by atoms with Crippen molar-refractivity contribution < 1.29 is 4.79 Å². The molecule has 1 aliphatic rings. The third-order valence-electron chi connectivity index (χ3n) is 4.32. The van der Waals surface area contributed by atoms with Gasteiger partial charge >= 0.3 is 0 Å². The summed E-state index contributed by atoms with van der Waals surface area (Å²) in [5.74, 6) is 0.00805. The van der Waals surface area contributed by atoms with E-state index >= 15 is 0 Å².